The van der Waals surface area contributed by atoms with E-state index < -0.39 is 24.0 Å². The van der Waals surface area contributed by atoms with Gasteiger partial charge < -0.3 is 20.4 Å². The van der Waals surface area contributed by atoms with E-state index in [-0.39, 0.29) is 18.2 Å². The minimum Gasteiger partial charge on any atom is -0.480 e. The first kappa shape index (κ1) is 14.8. The molecule has 1 heterocycles. The predicted octanol–water partition coefficient (Wildman–Crippen LogP) is -0.504. The number of amides is 2. The number of carboxylic acids is 1. The molecule has 1 rings (SSSR count). The lowest BCUT2D eigenvalue weighted by Gasteiger charge is -2.18. The van der Waals surface area contributed by atoms with Gasteiger partial charge in [0.15, 0.2) is 6.04 Å². The molecule has 0 bridgehead atoms. The summed E-state index contributed by atoms with van der Waals surface area (Å²) < 4.78 is 0. The standard InChI is InChI=1S/C10H16N2O5S/c1-6(13)8(9(15)16)11-7(14)2-3-12-4-5-18-10(12)17/h6,8,13H,2-5H2,1H3,(H,11,14)(H,15,16)/t6-,8+/m1/s1. The van der Waals surface area contributed by atoms with Crippen LogP contribution in [0.1, 0.15) is 13.3 Å². The molecule has 18 heavy (non-hydrogen) atoms. The number of carbonyl (C=O) groups excluding carboxylic acids is 2. The van der Waals surface area contributed by atoms with Gasteiger partial charge in [0.1, 0.15) is 0 Å². The van der Waals surface area contributed by atoms with Crippen molar-refractivity contribution in [3.05, 3.63) is 0 Å². The first-order valence-electron chi connectivity index (χ1n) is 5.53. The van der Waals surface area contributed by atoms with Gasteiger partial charge in [-0.25, -0.2) is 4.79 Å². The molecule has 0 unspecified atom stereocenters. The Kier molecular flexibility index (Phi) is 5.42. The van der Waals surface area contributed by atoms with Crippen molar-refractivity contribution < 1.29 is 24.6 Å². The lowest BCUT2D eigenvalue weighted by molar-refractivity contribution is -0.144. The van der Waals surface area contributed by atoms with Crippen LogP contribution in [0.3, 0.4) is 0 Å². The average molecular weight is 276 g/mol. The number of nitrogens with one attached hydrogen (secondary N) is 1. The third-order valence-electron chi connectivity index (χ3n) is 2.52. The molecule has 1 aliphatic heterocycles. The van der Waals surface area contributed by atoms with Crippen molar-refractivity contribution in [2.24, 2.45) is 0 Å². The van der Waals surface area contributed by atoms with Gasteiger partial charge in [0.25, 0.3) is 5.24 Å². The van der Waals surface area contributed by atoms with E-state index in [2.05, 4.69) is 5.32 Å². The second kappa shape index (κ2) is 6.60. The summed E-state index contributed by atoms with van der Waals surface area (Å²) in [5.74, 6) is -1.06. The zero-order chi connectivity index (χ0) is 13.7. The maximum atomic E-state index is 11.5. The quantitative estimate of drug-likeness (QED) is 0.603. The molecular weight excluding hydrogens is 260 g/mol. The summed E-state index contributed by atoms with van der Waals surface area (Å²) >= 11 is 1.20. The molecule has 0 spiro atoms. The lowest BCUT2D eigenvalue weighted by Crippen LogP contribution is -2.48. The van der Waals surface area contributed by atoms with Gasteiger partial charge >= 0.3 is 5.97 Å². The number of aliphatic hydroxyl groups is 1. The highest BCUT2D eigenvalue weighted by atomic mass is 32.2. The Morgan fingerprint density at radius 3 is 2.67 bits per heavy atom. The van der Waals surface area contributed by atoms with Crippen LogP contribution in [0.4, 0.5) is 4.79 Å². The predicted molar refractivity (Wildman–Crippen MR) is 65.3 cm³/mol. The number of aliphatic carboxylic acids is 1. The number of hydrogen-bond acceptors (Lipinski definition) is 5. The van der Waals surface area contributed by atoms with E-state index in [9.17, 15) is 19.5 Å². The van der Waals surface area contributed by atoms with Crippen molar-refractivity contribution in [2.75, 3.05) is 18.8 Å². The van der Waals surface area contributed by atoms with E-state index in [4.69, 9.17) is 5.11 Å². The lowest BCUT2D eigenvalue weighted by atomic mass is 10.2. The number of carboxylic acid groups (broad SMARTS) is 1. The molecule has 7 nitrogen and oxygen atoms in total. The molecule has 0 radical (unpaired) electrons. The molecule has 2 atom stereocenters. The average Bonchev–Trinajstić information content (AvgIpc) is 2.68. The topological polar surface area (TPSA) is 107 Å². The largest absolute Gasteiger partial charge is 0.480 e. The molecule has 2 amide bonds. The maximum Gasteiger partial charge on any atom is 0.328 e. The first-order valence-corrected chi connectivity index (χ1v) is 6.52. The molecule has 1 aliphatic rings. The fraction of sp³-hybridized carbons (Fsp3) is 0.700. The van der Waals surface area contributed by atoms with E-state index in [0.717, 1.165) is 0 Å². The second-order valence-electron chi connectivity index (χ2n) is 3.98. The van der Waals surface area contributed by atoms with Gasteiger partial charge in [-0.2, -0.15) is 0 Å². The molecule has 1 saturated heterocycles. The molecule has 0 aromatic heterocycles. The summed E-state index contributed by atoms with van der Waals surface area (Å²) in [5, 5.41) is 20.1. The molecule has 0 aliphatic carbocycles. The Hall–Kier alpha value is -1.28. The minimum atomic E-state index is -1.32. The Balaban J connectivity index is 2.36. The second-order valence-corrected chi connectivity index (χ2v) is 5.02. The van der Waals surface area contributed by atoms with Crippen molar-refractivity contribution in [2.45, 2.75) is 25.5 Å². The van der Waals surface area contributed by atoms with Gasteiger partial charge in [-0.1, -0.05) is 11.8 Å². The van der Waals surface area contributed by atoms with Gasteiger partial charge in [-0.15, -0.1) is 0 Å². The number of hydrogen-bond donors (Lipinski definition) is 3. The van der Waals surface area contributed by atoms with E-state index >= 15 is 0 Å². The van der Waals surface area contributed by atoms with Crippen LogP contribution in [0.5, 0.6) is 0 Å². The van der Waals surface area contributed by atoms with Crippen LogP contribution in [-0.2, 0) is 9.59 Å². The van der Waals surface area contributed by atoms with Gasteiger partial charge in [0.05, 0.1) is 6.10 Å². The SMILES string of the molecule is C[C@@H](O)[C@H](NC(=O)CCN1CCSC1=O)C(=O)O. The molecule has 0 aromatic rings. The first-order chi connectivity index (χ1) is 8.41. The van der Waals surface area contributed by atoms with Crippen LogP contribution < -0.4 is 5.32 Å². The monoisotopic (exact) mass is 276 g/mol. The highest BCUT2D eigenvalue weighted by Crippen LogP contribution is 2.16. The minimum absolute atomic E-state index is 0.0306. The molecule has 8 heteroatoms. The van der Waals surface area contributed by atoms with Crippen LogP contribution in [0.25, 0.3) is 0 Å². The van der Waals surface area contributed by atoms with Crippen LogP contribution in [-0.4, -0.2) is 63.2 Å². The van der Waals surface area contributed by atoms with Gasteiger partial charge in [0.2, 0.25) is 5.91 Å². The van der Waals surface area contributed by atoms with Crippen molar-refractivity contribution >= 4 is 28.9 Å². The summed E-state index contributed by atoms with van der Waals surface area (Å²) in [4.78, 5) is 35.0. The van der Waals surface area contributed by atoms with Gasteiger partial charge in [0, 0.05) is 25.3 Å². The molecule has 102 valence electrons. The van der Waals surface area contributed by atoms with Crippen molar-refractivity contribution in [3.63, 3.8) is 0 Å². The Bertz CT molecular complexity index is 347. The summed E-state index contributed by atoms with van der Waals surface area (Å²) in [6.45, 7) is 2.17. The number of carbonyl (C=O) groups is 3. The number of thioether (sulfide) groups is 1. The Morgan fingerprint density at radius 1 is 1.56 bits per heavy atom. The Morgan fingerprint density at radius 2 is 2.22 bits per heavy atom. The van der Waals surface area contributed by atoms with E-state index in [0.29, 0.717) is 12.3 Å². The van der Waals surface area contributed by atoms with Crippen molar-refractivity contribution in [3.8, 4) is 0 Å². The summed E-state index contributed by atoms with van der Waals surface area (Å²) in [7, 11) is 0. The highest BCUT2D eigenvalue weighted by Gasteiger charge is 2.26. The van der Waals surface area contributed by atoms with E-state index in [1.54, 1.807) is 4.90 Å². The molecule has 0 saturated carbocycles. The van der Waals surface area contributed by atoms with Crippen LogP contribution >= 0.6 is 11.8 Å². The Labute approximate surface area is 109 Å². The fourth-order valence-corrected chi connectivity index (χ4v) is 2.35. The third-order valence-corrected chi connectivity index (χ3v) is 3.41. The number of rotatable bonds is 6. The van der Waals surface area contributed by atoms with Gasteiger partial charge in [-0.05, 0) is 6.92 Å². The van der Waals surface area contributed by atoms with Crippen LogP contribution in [0.2, 0.25) is 0 Å². The zero-order valence-corrected chi connectivity index (χ0v) is 10.8. The number of aliphatic hydroxyl groups excluding tert-OH is 1. The van der Waals surface area contributed by atoms with Crippen LogP contribution in [0.15, 0.2) is 0 Å². The van der Waals surface area contributed by atoms with Crippen LogP contribution in [0, 0.1) is 0 Å². The zero-order valence-electron chi connectivity index (χ0n) is 9.96. The number of nitrogens with zero attached hydrogens (tertiary/aromatic N) is 1. The highest BCUT2D eigenvalue weighted by molar-refractivity contribution is 8.13. The maximum absolute atomic E-state index is 11.5. The van der Waals surface area contributed by atoms with Crippen molar-refractivity contribution in [1.82, 2.24) is 10.2 Å². The summed E-state index contributed by atoms with van der Waals surface area (Å²) in [6, 6.07) is -1.32. The van der Waals surface area contributed by atoms with E-state index in [1.165, 1.54) is 18.7 Å². The van der Waals surface area contributed by atoms with E-state index in [1.807, 2.05) is 0 Å². The molecule has 3 N–H and O–H groups in total. The van der Waals surface area contributed by atoms with Crippen molar-refractivity contribution in [1.29, 1.82) is 0 Å². The third kappa shape index (κ3) is 4.19. The normalized spacial score (nSPS) is 18.6. The van der Waals surface area contributed by atoms with Gasteiger partial charge in [-0.3, -0.25) is 9.59 Å². The molecule has 0 aromatic carbocycles. The summed E-state index contributed by atoms with van der Waals surface area (Å²) in [5.41, 5.74) is 0. The fourth-order valence-electron chi connectivity index (χ4n) is 1.50. The molecular formula is C10H16N2O5S. The summed E-state index contributed by atoms with van der Waals surface area (Å²) in [6.07, 6.45) is -1.14. The smallest absolute Gasteiger partial charge is 0.328 e. The molecule has 1 fully saturated rings.